The second kappa shape index (κ2) is 7.95. The van der Waals surface area contributed by atoms with E-state index in [0.29, 0.717) is 12.8 Å². The van der Waals surface area contributed by atoms with Crippen molar-refractivity contribution in [3.05, 3.63) is 23.8 Å². The minimum atomic E-state index is -1.36. The fourth-order valence-electron chi connectivity index (χ4n) is 4.66. The van der Waals surface area contributed by atoms with E-state index in [0.717, 1.165) is 0 Å². The SMILES string of the molecule is C=C1C(=O)OC2C1C(OC(=O)C1(C)OC1C)C(OC(C)=O)/C(C(=O)OC)=C/CCC1(C)OC21. The number of carbonyl (C=O) groups is 4. The van der Waals surface area contributed by atoms with Crippen molar-refractivity contribution in [3.8, 4) is 0 Å². The third-order valence-electron chi connectivity index (χ3n) is 6.97. The molecule has 0 amide bonds. The van der Waals surface area contributed by atoms with Crippen LogP contribution in [0.25, 0.3) is 0 Å². The van der Waals surface area contributed by atoms with E-state index in [1.807, 2.05) is 6.92 Å². The average molecular weight is 464 g/mol. The Morgan fingerprint density at radius 2 is 1.85 bits per heavy atom. The smallest absolute Gasteiger partial charge is 0.341 e. The zero-order chi connectivity index (χ0) is 24.3. The van der Waals surface area contributed by atoms with Crippen molar-refractivity contribution in [1.29, 1.82) is 0 Å². The molecule has 0 spiro atoms. The molecule has 10 nitrogen and oxygen atoms in total. The molecule has 0 radical (unpaired) electrons. The van der Waals surface area contributed by atoms with Gasteiger partial charge in [-0.05, 0) is 33.6 Å². The van der Waals surface area contributed by atoms with Crippen LogP contribution < -0.4 is 0 Å². The molecule has 4 aliphatic rings. The highest BCUT2D eigenvalue weighted by atomic mass is 16.7. The van der Waals surface area contributed by atoms with Crippen LogP contribution in [-0.2, 0) is 47.6 Å². The Morgan fingerprint density at radius 3 is 2.42 bits per heavy atom. The van der Waals surface area contributed by atoms with Crippen LogP contribution in [0.4, 0.5) is 0 Å². The van der Waals surface area contributed by atoms with Gasteiger partial charge in [0.2, 0.25) is 0 Å². The third-order valence-corrected chi connectivity index (χ3v) is 6.97. The summed E-state index contributed by atoms with van der Waals surface area (Å²) in [5.41, 5.74) is -1.77. The fourth-order valence-corrected chi connectivity index (χ4v) is 4.66. The number of hydrogen-bond donors (Lipinski definition) is 0. The summed E-state index contributed by atoms with van der Waals surface area (Å²) in [6, 6.07) is 0. The quantitative estimate of drug-likeness (QED) is 0.258. The van der Waals surface area contributed by atoms with E-state index in [2.05, 4.69) is 6.58 Å². The average Bonchev–Trinajstić information content (AvgIpc) is 3.57. The highest BCUT2D eigenvalue weighted by molar-refractivity contribution is 5.93. The number of fused-ring (bicyclic) bond motifs is 3. The first-order valence-corrected chi connectivity index (χ1v) is 10.8. The molecule has 3 saturated heterocycles. The summed E-state index contributed by atoms with van der Waals surface area (Å²) in [4.78, 5) is 50.4. The minimum Gasteiger partial charge on any atom is -0.466 e. The Kier molecular flexibility index (Phi) is 5.65. The zero-order valence-electron chi connectivity index (χ0n) is 19.2. The maximum Gasteiger partial charge on any atom is 0.341 e. The highest BCUT2D eigenvalue weighted by Crippen LogP contribution is 2.51. The van der Waals surface area contributed by atoms with Gasteiger partial charge in [-0.25, -0.2) is 14.4 Å². The van der Waals surface area contributed by atoms with Gasteiger partial charge in [0.25, 0.3) is 0 Å². The number of ether oxygens (including phenoxy) is 6. The molecule has 1 aliphatic carbocycles. The molecule has 10 heteroatoms. The van der Waals surface area contributed by atoms with E-state index in [9.17, 15) is 19.2 Å². The first kappa shape index (κ1) is 23.4. The molecule has 3 heterocycles. The van der Waals surface area contributed by atoms with Crippen molar-refractivity contribution in [2.45, 2.75) is 82.3 Å². The molecular formula is C23H28O10. The summed E-state index contributed by atoms with van der Waals surface area (Å²) < 4.78 is 33.2. The molecule has 0 bridgehead atoms. The summed E-state index contributed by atoms with van der Waals surface area (Å²) in [5.74, 6) is -3.79. The maximum absolute atomic E-state index is 13.1. The lowest BCUT2D eigenvalue weighted by molar-refractivity contribution is -0.175. The summed E-state index contributed by atoms with van der Waals surface area (Å²) in [7, 11) is 1.19. The predicted octanol–water partition coefficient (Wildman–Crippen LogP) is 1.16. The van der Waals surface area contributed by atoms with Gasteiger partial charge in [-0.3, -0.25) is 4.79 Å². The summed E-state index contributed by atoms with van der Waals surface area (Å²) in [6.45, 7) is 10.2. The van der Waals surface area contributed by atoms with E-state index >= 15 is 0 Å². The lowest BCUT2D eigenvalue weighted by atomic mass is 9.80. The van der Waals surface area contributed by atoms with Crippen LogP contribution in [0.5, 0.6) is 0 Å². The van der Waals surface area contributed by atoms with E-state index in [4.69, 9.17) is 28.4 Å². The standard InChI is InChI=1S/C23H28O10/c1-10-14-16(31-21(27)23(5)11(2)32-23)15(29-12(3)24)13(20(26)28-6)8-7-9-22(4)18(33-22)17(14)30-19(10)25/h8,11,14-18H,1,7,9H2,2-6H3/b13-8-. The normalized spacial score (nSPS) is 43.1. The Balaban J connectivity index is 1.82. The zero-order valence-corrected chi connectivity index (χ0v) is 19.2. The topological polar surface area (TPSA) is 130 Å². The molecule has 180 valence electrons. The lowest BCUT2D eigenvalue weighted by Gasteiger charge is -2.34. The number of carbonyl (C=O) groups excluding carboxylic acids is 4. The van der Waals surface area contributed by atoms with Crippen molar-refractivity contribution >= 4 is 23.9 Å². The van der Waals surface area contributed by atoms with Gasteiger partial charge in [-0.15, -0.1) is 0 Å². The second-order valence-corrected chi connectivity index (χ2v) is 9.23. The predicted molar refractivity (Wildman–Crippen MR) is 110 cm³/mol. The van der Waals surface area contributed by atoms with Crippen LogP contribution in [0.3, 0.4) is 0 Å². The van der Waals surface area contributed by atoms with Gasteiger partial charge in [0.15, 0.2) is 17.8 Å². The monoisotopic (exact) mass is 464 g/mol. The number of esters is 4. The number of hydrogen-bond acceptors (Lipinski definition) is 10. The molecule has 0 N–H and O–H groups in total. The molecule has 4 rings (SSSR count). The van der Waals surface area contributed by atoms with Gasteiger partial charge >= 0.3 is 23.9 Å². The first-order chi connectivity index (χ1) is 15.4. The van der Waals surface area contributed by atoms with Crippen LogP contribution in [0, 0.1) is 5.92 Å². The number of allylic oxidation sites excluding steroid dienone is 1. The van der Waals surface area contributed by atoms with Gasteiger partial charge in [0, 0.05) is 12.5 Å². The molecule has 0 saturated carbocycles. The highest BCUT2D eigenvalue weighted by Gasteiger charge is 2.66. The van der Waals surface area contributed by atoms with Crippen molar-refractivity contribution < 1.29 is 47.6 Å². The van der Waals surface area contributed by atoms with Crippen LogP contribution in [0.1, 0.15) is 40.5 Å². The van der Waals surface area contributed by atoms with Crippen molar-refractivity contribution in [2.75, 3.05) is 7.11 Å². The molecule has 0 aromatic rings. The Hall–Kier alpha value is -2.72. The molecule has 33 heavy (non-hydrogen) atoms. The Bertz CT molecular complexity index is 953. The van der Waals surface area contributed by atoms with Gasteiger partial charge in [-0.1, -0.05) is 12.7 Å². The number of methoxy groups -OCH3 is 1. The molecule has 0 aromatic carbocycles. The molecule has 3 fully saturated rings. The first-order valence-electron chi connectivity index (χ1n) is 10.8. The number of epoxide rings is 2. The van der Waals surface area contributed by atoms with Crippen LogP contribution >= 0.6 is 0 Å². The second-order valence-electron chi connectivity index (χ2n) is 9.23. The molecule has 8 atom stereocenters. The lowest BCUT2D eigenvalue weighted by Crippen LogP contribution is -2.49. The summed E-state index contributed by atoms with van der Waals surface area (Å²) in [6.07, 6.45) is -1.87. The summed E-state index contributed by atoms with van der Waals surface area (Å²) >= 11 is 0. The van der Waals surface area contributed by atoms with Gasteiger partial charge in [0.1, 0.15) is 12.2 Å². The fraction of sp³-hybridized carbons (Fsp3) is 0.652. The van der Waals surface area contributed by atoms with Crippen molar-refractivity contribution in [3.63, 3.8) is 0 Å². The Labute approximate surface area is 191 Å². The van der Waals surface area contributed by atoms with Crippen molar-refractivity contribution in [2.24, 2.45) is 5.92 Å². The van der Waals surface area contributed by atoms with Crippen molar-refractivity contribution in [1.82, 2.24) is 0 Å². The molecular weight excluding hydrogens is 436 g/mol. The largest absolute Gasteiger partial charge is 0.466 e. The van der Waals surface area contributed by atoms with Crippen LogP contribution in [-0.4, -0.2) is 72.7 Å². The van der Waals surface area contributed by atoms with Crippen LogP contribution in [0.2, 0.25) is 0 Å². The molecule has 0 aromatic heterocycles. The van der Waals surface area contributed by atoms with E-state index in [1.165, 1.54) is 14.0 Å². The molecule has 3 aliphatic heterocycles. The maximum atomic E-state index is 13.1. The van der Waals surface area contributed by atoms with Gasteiger partial charge in [-0.2, -0.15) is 0 Å². The molecule has 8 unspecified atom stereocenters. The third kappa shape index (κ3) is 3.95. The summed E-state index contributed by atoms with van der Waals surface area (Å²) in [5, 5.41) is 0. The van der Waals surface area contributed by atoms with Gasteiger partial charge in [0.05, 0.1) is 30.3 Å². The van der Waals surface area contributed by atoms with Crippen LogP contribution in [0.15, 0.2) is 23.8 Å². The van der Waals surface area contributed by atoms with E-state index in [1.54, 1.807) is 19.9 Å². The van der Waals surface area contributed by atoms with E-state index in [-0.39, 0.29) is 17.3 Å². The van der Waals surface area contributed by atoms with Gasteiger partial charge < -0.3 is 28.4 Å². The number of rotatable bonds is 4. The Morgan fingerprint density at radius 1 is 1.18 bits per heavy atom. The van der Waals surface area contributed by atoms with E-state index < -0.39 is 65.4 Å². The minimum absolute atomic E-state index is 0.00554.